The fourth-order valence-electron chi connectivity index (χ4n) is 1.73. The predicted molar refractivity (Wildman–Crippen MR) is 77.0 cm³/mol. The Morgan fingerprint density at radius 2 is 1.95 bits per heavy atom. The molecule has 1 aromatic heterocycles. The van der Waals surface area contributed by atoms with Crippen molar-refractivity contribution in [3.63, 3.8) is 0 Å². The van der Waals surface area contributed by atoms with E-state index in [4.69, 9.17) is 0 Å². The number of aromatic nitrogens is 2. The van der Waals surface area contributed by atoms with Gasteiger partial charge in [-0.25, -0.2) is 10.4 Å². The highest BCUT2D eigenvalue weighted by molar-refractivity contribution is 5.82. The quantitative estimate of drug-likeness (QED) is 0.676. The molecule has 1 heterocycles. The van der Waals surface area contributed by atoms with Crippen LogP contribution in [0.4, 0.5) is 19.1 Å². The first-order valence-corrected chi connectivity index (χ1v) is 6.32. The molecule has 0 unspecified atom stereocenters. The summed E-state index contributed by atoms with van der Waals surface area (Å²) >= 11 is 0. The lowest BCUT2D eigenvalue weighted by atomic mass is 10.1. The summed E-state index contributed by atoms with van der Waals surface area (Å²) in [6.45, 7) is 3.27. The summed E-state index contributed by atoms with van der Waals surface area (Å²) in [6, 6.07) is 5.05. The molecule has 0 saturated carbocycles. The van der Waals surface area contributed by atoms with E-state index >= 15 is 0 Å². The van der Waals surface area contributed by atoms with Crippen LogP contribution in [0.1, 0.15) is 22.4 Å². The molecular formula is C14H13F3N4O. The monoisotopic (exact) mass is 310 g/mol. The van der Waals surface area contributed by atoms with E-state index in [-0.39, 0.29) is 17.1 Å². The average molecular weight is 310 g/mol. The van der Waals surface area contributed by atoms with Crippen LogP contribution in [0.5, 0.6) is 0 Å². The lowest BCUT2D eigenvalue weighted by Crippen LogP contribution is -2.15. The van der Waals surface area contributed by atoms with Crippen LogP contribution in [-0.4, -0.2) is 16.2 Å². The van der Waals surface area contributed by atoms with Crippen LogP contribution in [0.2, 0.25) is 0 Å². The number of nitrogens with one attached hydrogen (secondary N) is 2. The van der Waals surface area contributed by atoms with Gasteiger partial charge in [0.2, 0.25) is 5.95 Å². The fraction of sp³-hybridized carbons (Fsp3) is 0.214. The fourth-order valence-corrected chi connectivity index (χ4v) is 1.73. The van der Waals surface area contributed by atoms with Gasteiger partial charge in [-0.1, -0.05) is 18.2 Å². The molecule has 8 heteroatoms. The van der Waals surface area contributed by atoms with E-state index < -0.39 is 11.7 Å². The van der Waals surface area contributed by atoms with Crippen LogP contribution in [-0.2, 0) is 6.18 Å². The second-order valence-corrected chi connectivity index (χ2v) is 4.58. The van der Waals surface area contributed by atoms with Gasteiger partial charge in [-0.3, -0.25) is 9.78 Å². The molecule has 1 aromatic carbocycles. The third kappa shape index (κ3) is 3.51. The number of benzene rings is 1. The van der Waals surface area contributed by atoms with Crippen molar-refractivity contribution in [2.45, 2.75) is 20.0 Å². The van der Waals surface area contributed by atoms with Crippen molar-refractivity contribution in [1.82, 2.24) is 9.97 Å². The number of hydrazone groups is 1. The molecule has 22 heavy (non-hydrogen) atoms. The standard InChI is InChI=1S/C14H13F3N4O/c1-8-9(2)19-13(20-12(8)22)21-18-7-10-5-3-4-6-11(10)14(15,16)17/h3-7H,1-2H3,(H2,19,20,21,22)/b18-7-. The molecule has 0 atom stereocenters. The van der Waals surface area contributed by atoms with Crippen molar-refractivity contribution in [1.29, 1.82) is 0 Å². The number of hydrogen-bond donors (Lipinski definition) is 2. The summed E-state index contributed by atoms with van der Waals surface area (Å²) in [7, 11) is 0. The first-order valence-electron chi connectivity index (χ1n) is 6.32. The molecular weight excluding hydrogens is 297 g/mol. The smallest absolute Gasteiger partial charge is 0.291 e. The highest BCUT2D eigenvalue weighted by Gasteiger charge is 2.32. The maximum Gasteiger partial charge on any atom is 0.417 e. The van der Waals surface area contributed by atoms with Crippen LogP contribution >= 0.6 is 0 Å². The van der Waals surface area contributed by atoms with E-state index in [1.807, 2.05) is 0 Å². The number of nitrogens with zero attached hydrogens (tertiary/aromatic N) is 2. The van der Waals surface area contributed by atoms with Crippen molar-refractivity contribution >= 4 is 12.2 Å². The largest absolute Gasteiger partial charge is 0.417 e. The van der Waals surface area contributed by atoms with Crippen LogP contribution in [0.15, 0.2) is 34.2 Å². The molecule has 2 aromatic rings. The van der Waals surface area contributed by atoms with Gasteiger partial charge >= 0.3 is 6.18 Å². The van der Waals surface area contributed by atoms with Gasteiger partial charge in [0.1, 0.15) is 0 Å². The van der Waals surface area contributed by atoms with Crippen LogP contribution in [0, 0.1) is 13.8 Å². The SMILES string of the molecule is Cc1nc(N/N=C\c2ccccc2C(F)(F)F)[nH]c(=O)c1C. The van der Waals surface area contributed by atoms with E-state index in [1.165, 1.54) is 18.2 Å². The van der Waals surface area contributed by atoms with Gasteiger partial charge in [0.05, 0.1) is 11.8 Å². The molecule has 116 valence electrons. The minimum atomic E-state index is -4.46. The second-order valence-electron chi connectivity index (χ2n) is 4.58. The predicted octanol–water partition coefficient (Wildman–Crippen LogP) is 2.85. The molecule has 5 nitrogen and oxygen atoms in total. The Bertz CT molecular complexity index is 765. The first kappa shape index (κ1) is 15.7. The summed E-state index contributed by atoms with van der Waals surface area (Å²) in [4.78, 5) is 18.0. The van der Waals surface area contributed by atoms with Crippen molar-refractivity contribution in [2.24, 2.45) is 5.10 Å². The average Bonchev–Trinajstić information content (AvgIpc) is 2.44. The Morgan fingerprint density at radius 1 is 1.27 bits per heavy atom. The minimum absolute atomic E-state index is 0.0637. The normalized spacial score (nSPS) is 11.9. The third-order valence-corrected chi connectivity index (χ3v) is 3.04. The molecule has 0 radical (unpaired) electrons. The van der Waals surface area contributed by atoms with Crippen molar-refractivity contribution in [2.75, 3.05) is 5.43 Å². The first-order chi connectivity index (χ1) is 10.3. The van der Waals surface area contributed by atoms with Crippen LogP contribution in [0.3, 0.4) is 0 Å². The molecule has 0 bridgehead atoms. The second kappa shape index (κ2) is 6.00. The zero-order valence-electron chi connectivity index (χ0n) is 11.8. The number of anilines is 1. The van der Waals surface area contributed by atoms with E-state index in [1.54, 1.807) is 13.8 Å². The van der Waals surface area contributed by atoms with Gasteiger partial charge in [-0.05, 0) is 19.9 Å². The Kier molecular flexibility index (Phi) is 4.30. The maximum atomic E-state index is 12.8. The summed E-state index contributed by atoms with van der Waals surface area (Å²) in [6.07, 6.45) is -3.44. The van der Waals surface area contributed by atoms with Gasteiger partial charge in [0.15, 0.2) is 0 Å². The molecule has 0 aliphatic rings. The van der Waals surface area contributed by atoms with Gasteiger partial charge in [-0.2, -0.15) is 18.3 Å². The van der Waals surface area contributed by atoms with Crippen LogP contribution in [0.25, 0.3) is 0 Å². The maximum absolute atomic E-state index is 12.8. The van der Waals surface area contributed by atoms with Gasteiger partial charge in [0.25, 0.3) is 5.56 Å². The van der Waals surface area contributed by atoms with Crippen molar-refractivity contribution in [3.8, 4) is 0 Å². The number of alkyl halides is 3. The molecule has 2 N–H and O–H groups in total. The summed E-state index contributed by atoms with van der Waals surface area (Å²) in [5, 5.41) is 3.69. The molecule has 0 amide bonds. The van der Waals surface area contributed by atoms with E-state index in [0.717, 1.165) is 12.3 Å². The number of aryl methyl sites for hydroxylation is 1. The molecule has 0 aliphatic carbocycles. The molecule has 0 saturated heterocycles. The number of aromatic amines is 1. The van der Waals surface area contributed by atoms with Gasteiger partial charge in [-0.15, -0.1) is 0 Å². The van der Waals surface area contributed by atoms with E-state index in [2.05, 4.69) is 20.5 Å². The summed E-state index contributed by atoms with van der Waals surface area (Å²) in [5.41, 5.74) is 2.19. The topological polar surface area (TPSA) is 70.1 Å². The molecule has 0 fully saturated rings. The number of H-pyrrole nitrogens is 1. The Hall–Kier alpha value is -2.64. The lowest BCUT2D eigenvalue weighted by Gasteiger charge is -2.09. The van der Waals surface area contributed by atoms with E-state index in [9.17, 15) is 18.0 Å². The van der Waals surface area contributed by atoms with Gasteiger partial charge < -0.3 is 0 Å². The minimum Gasteiger partial charge on any atom is -0.291 e. The zero-order chi connectivity index (χ0) is 16.3. The third-order valence-electron chi connectivity index (χ3n) is 3.04. The highest BCUT2D eigenvalue weighted by Crippen LogP contribution is 2.31. The molecule has 0 aliphatic heterocycles. The number of rotatable bonds is 3. The molecule has 0 spiro atoms. The zero-order valence-corrected chi connectivity index (χ0v) is 11.8. The lowest BCUT2D eigenvalue weighted by molar-refractivity contribution is -0.137. The van der Waals surface area contributed by atoms with E-state index in [0.29, 0.717) is 11.3 Å². The summed E-state index contributed by atoms with van der Waals surface area (Å²) in [5.74, 6) is 0.0637. The summed E-state index contributed by atoms with van der Waals surface area (Å²) < 4.78 is 38.4. The van der Waals surface area contributed by atoms with Gasteiger partial charge in [0, 0.05) is 16.8 Å². The Morgan fingerprint density at radius 3 is 2.59 bits per heavy atom. The Balaban J connectivity index is 2.23. The number of halogens is 3. The van der Waals surface area contributed by atoms with Crippen LogP contribution < -0.4 is 11.0 Å². The van der Waals surface area contributed by atoms with Crippen molar-refractivity contribution < 1.29 is 13.2 Å². The number of hydrogen-bond acceptors (Lipinski definition) is 4. The highest BCUT2D eigenvalue weighted by atomic mass is 19.4. The molecule has 2 rings (SSSR count). The van der Waals surface area contributed by atoms with Crippen molar-refractivity contribution in [3.05, 3.63) is 57.0 Å². The Labute approximate surface area is 123 Å².